The fourth-order valence-electron chi connectivity index (χ4n) is 4.18. The summed E-state index contributed by atoms with van der Waals surface area (Å²) in [5, 5.41) is 18.0. The van der Waals surface area contributed by atoms with Crippen molar-refractivity contribution in [2.75, 3.05) is 10.6 Å². The number of carbonyl (C=O) groups is 3. The van der Waals surface area contributed by atoms with Gasteiger partial charge in [0.15, 0.2) is 0 Å². The second-order valence-electron chi connectivity index (χ2n) is 8.35. The predicted octanol–water partition coefficient (Wildman–Crippen LogP) is 6.02. The van der Waals surface area contributed by atoms with Crippen LogP contribution in [0.5, 0.6) is 0 Å². The van der Waals surface area contributed by atoms with Gasteiger partial charge >= 0.3 is 12.0 Å². The van der Waals surface area contributed by atoms with Crippen molar-refractivity contribution in [1.82, 2.24) is 5.32 Å². The van der Waals surface area contributed by atoms with E-state index >= 15 is 0 Å². The summed E-state index contributed by atoms with van der Waals surface area (Å²) in [7, 11) is 0. The summed E-state index contributed by atoms with van der Waals surface area (Å²) in [5.41, 5.74) is 2.58. The number of aliphatic carboxylic acids is 1. The van der Waals surface area contributed by atoms with Crippen LogP contribution < -0.4 is 16.0 Å². The van der Waals surface area contributed by atoms with E-state index in [1.165, 1.54) is 12.1 Å². The lowest BCUT2D eigenvalue weighted by Crippen LogP contribution is -2.46. The van der Waals surface area contributed by atoms with Crippen molar-refractivity contribution in [3.63, 3.8) is 0 Å². The highest BCUT2D eigenvalue weighted by atomic mass is 35.5. The number of aryl methyl sites for hydroxylation is 2. The molecule has 7 nitrogen and oxygen atoms in total. The number of urea groups is 1. The maximum absolute atomic E-state index is 13.1. The third kappa shape index (κ3) is 6.18. The Hall–Kier alpha value is -2.77. The number of anilines is 2. The van der Waals surface area contributed by atoms with Gasteiger partial charge in [-0.3, -0.25) is 4.79 Å². The maximum Gasteiger partial charge on any atom is 0.326 e. The first-order valence-corrected chi connectivity index (χ1v) is 11.6. The molecule has 0 saturated heterocycles. The summed E-state index contributed by atoms with van der Waals surface area (Å²) < 4.78 is 0. The van der Waals surface area contributed by atoms with Crippen LogP contribution >= 0.6 is 23.2 Å². The molecule has 2 aromatic carbocycles. The Balaban J connectivity index is 1.83. The molecule has 9 heteroatoms. The van der Waals surface area contributed by atoms with E-state index < -0.39 is 23.9 Å². The van der Waals surface area contributed by atoms with E-state index in [1.807, 2.05) is 32.0 Å². The summed E-state index contributed by atoms with van der Waals surface area (Å²) in [5.74, 6) is -1.88. The zero-order chi connectivity index (χ0) is 24.1. The number of amides is 3. The predicted molar refractivity (Wildman–Crippen MR) is 130 cm³/mol. The van der Waals surface area contributed by atoms with E-state index in [1.54, 1.807) is 0 Å². The molecule has 3 rings (SSSR count). The first-order valence-electron chi connectivity index (χ1n) is 10.8. The number of para-hydroxylation sites is 1. The van der Waals surface area contributed by atoms with Crippen LogP contribution in [0.15, 0.2) is 30.3 Å². The lowest BCUT2D eigenvalue weighted by atomic mass is 9.84. The number of carbonyl (C=O) groups excluding carboxylic acids is 2. The lowest BCUT2D eigenvalue weighted by Gasteiger charge is -2.28. The van der Waals surface area contributed by atoms with Crippen LogP contribution in [0, 0.1) is 19.8 Å². The second kappa shape index (κ2) is 10.9. The molecular weight excluding hydrogens is 465 g/mol. The molecule has 1 saturated carbocycles. The molecule has 2 aromatic rings. The van der Waals surface area contributed by atoms with Crippen LogP contribution in [0.1, 0.15) is 53.6 Å². The number of rotatable bonds is 6. The van der Waals surface area contributed by atoms with Crippen molar-refractivity contribution in [2.24, 2.45) is 5.92 Å². The number of nitrogens with one attached hydrogen (secondary N) is 3. The second-order valence-corrected chi connectivity index (χ2v) is 9.16. The van der Waals surface area contributed by atoms with Crippen molar-refractivity contribution >= 4 is 52.5 Å². The minimum atomic E-state index is -1.09. The molecule has 1 aliphatic carbocycles. The normalized spacial score (nSPS) is 14.9. The Morgan fingerprint density at radius 2 is 1.58 bits per heavy atom. The van der Waals surface area contributed by atoms with Gasteiger partial charge in [0.25, 0.3) is 5.91 Å². The molecule has 3 amide bonds. The average molecular weight is 492 g/mol. The van der Waals surface area contributed by atoms with Gasteiger partial charge in [-0.2, -0.15) is 0 Å². The summed E-state index contributed by atoms with van der Waals surface area (Å²) in [6.45, 7) is 3.75. The van der Waals surface area contributed by atoms with Gasteiger partial charge in [0.1, 0.15) is 6.04 Å². The van der Waals surface area contributed by atoms with E-state index in [4.69, 9.17) is 23.2 Å². The molecule has 0 bridgehead atoms. The molecule has 0 spiro atoms. The topological polar surface area (TPSA) is 108 Å². The van der Waals surface area contributed by atoms with Gasteiger partial charge in [0.05, 0.1) is 21.3 Å². The first-order chi connectivity index (χ1) is 15.7. The summed E-state index contributed by atoms with van der Waals surface area (Å²) in [6.07, 6.45) is 4.40. The fraction of sp³-hybridized carbons (Fsp3) is 0.375. The standard InChI is InChI=1S/C24H27Cl2N3O4/c1-13-7-6-8-14(2)20(13)29-24(33)27-19-12-18(26)17(25)11-16(19)22(30)28-21(23(31)32)15-9-4-3-5-10-15/h6-8,11-12,15,21H,3-5,9-10H2,1-2H3,(H,28,30)(H,31,32)(H2,27,29,33)/t21-/m0/s1. The molecule has 0 heterocycles. The van der Waals surface area contributed by atoms with E-state index in [0.717, 1.165) is 43.2 Å². The van der Waals surface area contributed by atoms with Gasteiger partial charge in [-0.05, 0) is 55.9 Å². The molecule has 0 aromatic heterocycles. The molecule has 0 unspecified atom stereocenters. The number of hydrogen-bond donors (Lipinski definition) is 4. The third-order valence-corrected chi connectivity index (χ3v) is 6.67. The van der Waals surface area contributed by atoms with Gasteiger partial charge < -0.3 is 21.1 Å². The van der Waals surface area contributed by atoms with Gasteiger partial charge in [0, 0.05) is 5.69 Å². The van der Waals surface area contributed by atoms with E-state index in [0.29, 0.717) is 5.69 Å². The Morgan fingerprint density at radius 3 is 2.18 bits per heavy atom. The van der Waals surface area contributed by atoms with Gasteiger partial charge in [0.2, 0.25) is 0 Å². The van der Waals surface area contributed by atoms with Crippen molar-refractivity contribution in [2.45, 2.75) is 52.0 Å². The smallest absolute Gasteiger partial charge is 0.326 e. The van der Waals surface area contributed by atoms with Crippen molar-refractivity contribution in [3.8, 4) is 0 Å². The highest BCUT2D eigenvalue weighted by Crippen LogP contribution is 2.31. The number of carboxylic acids is 1. The van der Waals surface area contributed by atoms with Crippen LogP contribution in [0.25, 0.3) is 0 Å². The highest BCUT2D eigenvalue weighted by Gasteiger charge is 2.31. The summed E-state index contributed by atoms with van der Waals surface area (Å²) in [6, 6.07) is 6.74. The fourth-order valence-corrected chi connectivity index (χ4v) is 4.51. The zero-order valence-corrected chi connectivity index (χ0v) is 20.0. The van der Waals surface area contributed by atoms with Crippen molar-refractivity contribution in [3.05, 3.63) is 57.1 Å². The highest BCUT2D eigenvalue weighted by molar-refractivity contribution is 6.42. The Kier molecular flexibility index (Phi) is 8.21. The molecule has 176 valence electrons. The van der Waals surface area contributed by atoms with E-state index in [2.05, 4.69) is 16.0 Å². The van der Waals surface area contributed by atoms with Crippen molar-refractivity contribution in [1.29, 1.82) is 0 Å². The maximum atomic E-state index is 13.1. The zero-order valence-electron chi connectivity index (χ0n) is 18.5. The Bertz CT molecular complexity index is 1050. The number of benzene rings is 2. The van der Waals surface area contributed by atoms with E-state index in [-0.39, 0.29) is 27.2 Å². The number of carboxylic acid groups (broad SMARTS) is 1. The quantitative estimate of drug-likeness (QED) is 0.396. The molecule has 0 aliphatic heterocycles. The van der Waals surface area contributed by atoms with Gasteiger partial charge in [-0.15, -0.1) is 0 Å². The SMILES string of the molecule is Cc1cccc(C)c1NC(=O)Nc1cc(Cl)c(Cl)cc1C(=O)N[C@H](C(=O)O)C1CCCCC1. The molecule has 1 aliphatic rings. The average Bonchev–Trinajstić information content (AvgIpc) is 2.77. The minimum absolute atomic E-state index is 0.0307. The minimum Gasteiger partial charge on any atom is -0.480 e. The van der Waals surface area contributed by atoms with Gasteiger partial charge in [-0.25, -0.2) is 9.59 Å². The lowest BCUT2D eigenvalue weighted by molar-refractivity contribution is -0.141. The molecule has 4 N–H and O–H groups in total. The Labute approximate surface area is 202 Å². The van der Waals surface area contributed by atoms with Crippen LogP contribution in [0.4, 0.5) is 16.2 Å². The van der Waals surface area contributed by atoms with Crippen molar-refractivity contribution < 1.29 is 19.5 Å². The molecule has 33 heavy (non-hydrogen) atoms. The molecular formula is C24H27Cl2N3O4. The van der Waals surface area contributed by atoms with E-state index in [9.17, 15) is 19.5 Å². The molecule has 1 fully saturated rings. The van der Waals surface area contributed by atoms with Crippen LogP contribution in [-0.2, 0) is 4.79 Å². The first kappa shape index (κ1) is 24.9. The number of halogens is 2. The van der Waals surface area contributed by atoms with Crippen LogP contribution in [-0.4, -0.2) is 29.1 Å². The summed E-state index contributed by atoms with van der Waals surface area (Å²) >= 11 is 12.3. The van der Waals surface area contributed by atoms with Crippen LogP contribution in [0.3, 0.4) is 0 Å². The number of hydrogen-bond acceptors (Lipinski definition) is 3. The monoisotopic (exact) mass is 491 g/mol. The largest absolute Gasteiger partial charge is 0.480 e. The Morgan fingerprint density at radius 1 is 0.970 bits per heavy atom. The summed E-state index contributed by atoms with van der Waals surface area (Å²) in [4.78, 5) is 37.7. The molecule has 1 atom stereocenters. The molecule has 0 radical (unpaired) electrons. The van der Waals surface area contributed by atoms with Gasteiger partial charge in [-0.1, -0.05) is 60.7 Å². The third-order valence-electron chi connectivity index (χ3n) is 5.95. The van der Waals surface area contributed by atoms with Crippen LogP contribution in [0.2, 0.25) is 10.0 Å².